The molecule has 0 spiro atoms. The highest BCUT2D eigenvalue weighted by Crippen LogP contribution is 2.18. The summed E-state index contributed by atoms with van der Waals surface area (Å²) in [5.41, 5.74) is -0.821. The average molecular weight is 177 g/mol. The lowest BCUT2D eigenvalue weighted by Gasteiger charge is -2.23. The average Bonchev–Trinajstić information content (AvgIpc) is 2.04. The lowest BCUT2D eigenvalue weighted by atomic mass is 9.93. The zero-order valence-corrected chi connectivity index (χ0v) is 7.62. The van der Waals surface area contributed by atoms with Gasteiger partial charge in [-0.2, -0.15) is 5.90 Å². The largest absolute Gasteiger partial charge is 0.383 e. The van der Waals surface area contributed by atoms with Crippen LogP contribution in [0.15, 0.2) is 0 Å². The van der Waals surface area contributed by atoms with Crippen LogP contribution in [0.3, 0.4) is 0 Å². The van der Waals surface area contributed by atoms with Gasteiger partial charge in [0.15, 0.2) is 0 Å². The topological polar surface area (TPSA) is 70.8 Å². The van der Waals surface area contributed by atoms with E-state index in [0.717, 1.165) is 0 Å². The second kappa shape index (κ2) is 5.08. The molecule has 0 heterocycles. The van der Waals surface area contributed by atoms with Crippen LogP contribution in [0.2, 0.25) is 0 Å². The van der Waals surface area contributed by atoms with Crippen LogP contribution in [-0.2, 0) is 19.1 Å². The molecule has 2 N–H and O–H groups in total. The second-order valence-corrected chi connectivity index (χ2v) is 2.83. The Bertz CT molecular complexity index is 142. The molecule has 0 radical (unpaired) electrons. The molecule has 0 atom stereocenters. The molecule has 5 nitrogen and oxygen atoms in total. The Labute approximate surface area is 71.7 Å². The fourth-order valence-electron chi connectivity index (χ4n) is 0.939. The summed E-state index contributed by atoms with van der Waals surface area (Å²) in [6, 6.07) is 0. The maximum Gasteiger partial charge on any atom is 0.334 e. The molecule has 5 heteroatoms. The van der Waals surface area contributed by atoms with Gasteiger partial charge in [-0.05, 0) is 6.92 Å². The van der Waals surface area contributed by atoms with Gasteiger partial charge in [-0.3, -0.25) is 0 Å². The summed E-state index contributed by atoms with van der Waals surface area (Å²) < 4.78 is 9.69. The van der Waals surface area contributed by atoms with Gasteiger partial charge < -0.3 is 14.3 Å². The van der Waals surface area contributed by atoms with Gasteiger partial charge in [-0.15, -0.1) is 0 Å². The molecule has 0 saturated heterocycles. The number of hydrogen-bond donors (Lipinski definition) is 1. The predicted octanol–water partition coefficient (Wildman–Crippen LogP) is -0.298. The van der Waals surface area contributed by atoms with Crippen molar-refractivity contribution in [2.45, 2.75) is 6.92 Å². The molecule has 0 aromatic carbocycles. The lowest BCUT2D eigenvalue weighted by Crippen LogP contribution is -2.39. The third-order valence-corrected chi connectivity index (χ3v) is 1.53. The fraction of sp³-hybridized carbons (Fsp3) is 0.857. The second-order valence-electron chi connectivity index (χ2n) is 2.83. The van der Waals surface area contributed by atoms with Gasteiger partial charge >= 0.3 is 5.97 Å². The normalized spacial score (nSPS) is 11.3. The Hall–Kier alpha value is -0.650. The summed E-state index contributed by atoms with van der Waals surface area (Å²) in [6.45, 7) is 2.10. The van der Waals surface area contributed by atoms with E-state index in [1.165, 1.54) is 14.2 Å². The first-order valence-electron chi connectivity index (χ1n) is 3.49. The molecule has 0 aromatic rings. The highest BCUT2D eigenvalue weighted by Gasteiger charge is 2.35. The third kappa shape index (κ3) is 2.77. The molecule has 72 valence electrons. The standard InChI is InChI=1S/C7H15NO4/c1-7(4-10-2,5-11-3)6(9)12-8/h4-5,8H2,1-3H3. The van der Waals surface area contributed by atoms with Crippen molar-refractivity contribution in [1.82, 2.24) is 0 Å². The monoisotopic (exact) mass is 177 g/mol. The summed E-state index contributed by atoms with van der Waals surface area (Å²) in [4.78, 5) is 15.2. The maximum absolute atomic E-state index is 11.1. The van der Waals surface area contributed by atoms with Crippen molar-refractivity contribution in [2.24, 2.45) is 11.3 Å². The quantitative estimate of drug-likeness (QED) is 0.584. The van der Waals surface area contributed by atoms with Crippen molar-refractivity contribution in [1.29, 1.82) is 0 Å². The molecule has 12 heavy (non-hydrogen) atoms. The minimum atomic E-state index is -0.821. The summed E-state index contributed by atoms with van der Waals surface area (Å²) in [6.07, 6.45) is 0. The molecule has 0 aliphatic heterocycles. The Kier molecular flexibility index (Phi) is 4.80. The minimum Gasteiger partial charge on any atom is -0.383 e. The maximum atomic E-state index is 11.1. The molecule has 0 unspecified atom stereocenters. The Balaban J connectivity index is 4.26. The first-order valence-corrected chi connectivity index (χ1v) is 3.49. The third-order valence-electron chi connectivity index (χ3n) is 1.53. The van der Waals surface area contributed by atoms with Crippen LogP contribution < -0.4 is 5.90 Å². The van der Waals surface area contributed by atoms with Gasteiger partial charge in [-0.25, -0.2) is 4.79 Å². The number of ether oxygens (including phenoxy) is 2. The van der Waals surface area contributed by atoms with E-state index in [9.17, 15) is 4.79 Å². The van der Waals surface area contributed by atoms with Gasteiger partial charge in [0.2, 0.25) is 0 Å². The number of nitrogens with two attached hydrogens (primary N) is 1. The predicted molar refractivity (Wildman–Crippen MR) is 42.1 cm³/mol. The van der Waals surface area contributed by atoms with Crippen LogP contribution in [0.25, 0.3) is 0 Å². The number of hydrogen-bond acceptors (Lipinski definition) is 5. The summed E-state index contributed by atoms with van der Waals surface area (Å²) in [5, 5.41) is 0. The van der Waals surface area contributed by atoms with Crippen molar-refractivity contribution in [3.05, 3.63) is 0 Å². The van der Waals surface area contributed by atoms with Crippen LogP contribution >= 0.6 is 0 Å². The summed E-state index contributed by atoms with van der Waals surface area (Å²) in [5.74, 6) is 4.22. The van der Waals surface area contributed by atoms with Gasteiger partial charge in [-0.1, -0.05) is 0 Å². The van der Waals surface area contributed by atoms with Crippen LogP contribution in [0, 0.1) is 5.41 Å². The van der Waals surface area contributed by atoms with Gasteiger partial charge in [0.1, 0.15) is 5.41 Å². The van der Waals surface area contributed by atoms with E-state index in [-0.39, 0.29) is 13.2 Å². The molecule has 0 saturated carbocycles. The van der Waals surface area contributed by atoms with Gasteiger partial charge in [0.05, 0.1) is 13.2 Å². The zero-order valence-electron chi connectivity index (χ0n) is 7.62. The molecule has 0 rings (SSSR count). The van der Waals surface area contributed by atoms with E-state index in [0.29, 0.717) is 0 Å². The minimum absolute atomic E-state index is 0.219. The molecule has 0 fully saturated rings. The van der Waals surface area contributed by atoms with E-state index in [1.54, 1.807) is 6.92 Å². The Morgan fingerprint density at radius 3 is 2.00 bits per heavy atom. The first kappa shape index (κ1) is 11.4. The summed E-state index contributed by atoms with van der Waals surface area (Å²) >= 11 is 0. The van der Waals surface area contributed by atoms with E-state index in [4.69, 9.17) is 15.4 Å². The van der Waals surface area contributed by atoms with Crippen molar-refractivity contribution in [2.75, 3.05) is 27.4 Å². The highest BCUT2D eigenvalue weighted by atomic mass is 16.7. The fourth-order valence-corrected chi connectivity index (χ4v) is 0.939. The van der Waals surface area contributed by atoms with Crippen LogP contribution in [-0.4, -0.2) is 33.4 Å². The van der Waals surface area contributed by atoms with Crippen LogP contribution in [0.4, 0.5) is 0 Å². The van der Waals surface area contributed by atoms with Gasteiger partial charge in [0.25, 0.3) is 0 Å². The van der Waals surface area contributed by atoms with E-state index < -0.39 is 11.4 Å². The van der Waals surface area contributed by atoms with Crippen molar-refractivity contribution in [3.8, 4) is 0 Å². The first-order chi connectivity index (χ1) is 5.60. The number of carbonyl (C=O) groups excluding carboxylic acids is 1. The van der Waals surface area contributed by atoms with Gasteiger partial charge in [0, 0.05) is 14.2 Å². The highest BCUT2D eigenvalue weighted by molar-refractivity contribution is 5.76. The number of methoxy groups -OCH3 is 2. The van der Waals surface area contributed by atoms with Crippen molar-refractivity contribution >= 4 is 5.97 Å². The molecule has 0 amide bonds. The smallest absolute Gasteiger partial charge is 0.334 e. The van der Waals surface area contributed by atoms with Crippen molar-refractivity contribution < 1.29 is 19.1 Å². The van der Waals surface area contributed by atoms with Crippen LogP contribution in [0.5, 0.6) is 0 Å². The zero-order chi connectivity index (χ0) is 9.61. The number of rotatable bonds is 5. The number of carbonyl (C=O) groups is 1. The summed E-state index contributed by atoms with van der Waals surface area (Å²) in [7, 11) is 3.00. The molecular formula is C7H15NO4. The van der Waals surface area contributed by atoms with E-state index >= 15 is 0 Å². The van der Waals surface area contributed by atoms with E-state index in [2.05, 4.69) is 4.84 Å². The SMILES string of the molecule is COCC(C)(COC)C(=O)ON. The lowest BCUT2D eigenvalue weighted by molar-refractivity contribution is -0.162. The van der Waals surface area contributed by atoms with Crippen LogP contribution in [0.1, 0.15) is 6.92 Å². The van der Waals surface area contributed by atoms with E-state index in [1.807, 2.05) is 0 Å². The molecule has 0 bridgehead atoms. The molecule has 0 aliphatic rings. The Morgan fingerprint density at radius 1 is 1.33 bits per heavy atom. The molecule has 0 aromatic heterocycles. The molecule has 0 aliphatic carbocycles. The molecular weight excluding hydrogens is 162 g/mol. The Morgan fingerprint density at radius 2 is 1.75 bits per heavy atom. The van der Waals surface area contributed by atoms with Crippen molar-refractivity contribution in [3.63, 3.8) is 0 Å².